The van der Waals surface area contributed by atoms with E-state index in [-0.39, 0.29) is 17.7 Å². The van der Waals surface area contributed by atoms with Crippen molar-refractivity contribution in [3.63, 3.8) is 0 Å². The van der Waals surface area contributed by atoms with Crippen molar-refractivity contribution >= 4 is 29.5 Å². The first-order valence-corrected chi connectivity index (χ1v) is 12.9. The lowest BCUT2D eigenvalue weighted by Crippen LogP contribution is -2.64. The molecule has 0 aliphatic carbocycles. The van der Waals surface area contributed by atoms with Gasteiger partial charge in [0.1, 0.15) is 36.4 Å². The number of amides is 3. The Morgan fingerprint density at radius 3 is 2.16 bits per heavy atom. The van der Waals surface area contributed by atoms with Crippen LogP contribution in [0, 0.1) is 6.92 Å². The van der Waals surface area contributed by atoms with Gasteiger partial charge in [-0.15, -0.1) is 0 Å². The predicted molar refractivity (Wildman–Crippen MR) is 138 cm³/mol. The molecule has 5 rings (SSSR count). The number of carbonyl (C=O) groups is 3. The molecule has 3 aromatic rings. The van der Waals surface area contributed by atoms with Crippen molar-refractivity contribution in [1.29, 1.82) is 0 Å². The normalized spacial score (nSPS) is 24.8. The van der Waals surface area contributed by atoms with Crippen LogP contribution < -0.4 is 5.48 Å². The van der Waals surface area contributed by atoms with Crippen LogP contribution in [0.25, 0.3) is 0 Å². The number of nitrogens with one attached hydrogen (secondary N) is 1. The predicted octanol–water partition coefficient (Wildman–Crippen LogP) is 2.56. The molecule has 9 nitrogen and oxygen atoms in total. The molecule has 2 aliphatic rings. The van der Waals surface area contributed by atoms with Crippen LogP contribution >= 0.6 is 11.8 Å². The number of hydrogen-bond donors (Lipinski definition) is 3. The Balaban J connectivity index is 1.37. The molecule has 38 heavy (non-hydrogen) atoms. The van der Waals surface area contributed by atoms with Gasteiger partial charge >= 0.3 is 0 Å². The molecular weight excluding hydrogens is 508 g/mol. The Hall–Kier alpha value is -3.54. The Kier molecular flexibility index (Phi) is 7.59. The number of rotatable bonds is 7. The minimum absolute atomic E-state index is 0.229. The van der Waals surface area contributed by atoms with Crippen molar-refractivity contribution in [3.8, 4) is 0 Å². The lowest BCUT2D eigenvalue weighted by molar-refractivity contribution is -0.191. The molecule has 0 radical (unpaired) electrons. The molecule has 0 unspecified atom stereocenters. The van der Waals surface area contributed by atoms with Gasteiger partial charge in [0, 0.05) is 10.5 Å². The highest BCUT2D eigenvalue weighted by Gasteiger charge is 2.53. The molecule has 196 valence electrons. The third kappa shape index (κ3) is 5.09. The maximum absolute atomic E-state index is 13.2. The van der Waals surface area contributed by atoms with Crippen LogP contribution in [-0.4, -0.2) is 69.2 Å². The molecule has 3 N–H and O–H groups in total. The largest absolute Gasteiger partial charge is 0.388 e. The van der Waals surface area contributed by atoms with Crippen LogP contribution in [0.5, 0.6) is 0 Å². The summed E-state index contributed by atoms with van der Waals surface area (Å²) < 4.78 is 6.14. The van der Waals surface area contributed by atoms with E-state index >= 15 is 0 Å². The van der Waals surface area contributed by atoms with Gasteiger partial charge in [-0.2, -0.15) is 0 Å². The zero-order chi connectivity index (χ0) is 26.8. The van der Waals surface area contributed by atoms with Crippen molar-refractivity contribution in [1.82, 2.24) is 10.4 Å². The first kappa shape index (κ1) is 26.1. The maximum atomic E-state index is 13.2. The minimum Gasteiger partial charge on any atom is -0.388 e. The summed E-state index contributed by atoms with van der Waals surface area (Å²) in [5, 5.41) is 22.2. The number of ether oxygens (including phenoxy) is 1. The second kappa shape index (κ2) is 11.1. The lowest BCUT2D eigenvalue weighted by Gasteiger charge is -2.45. The van der Waals surface area contributed by atoms with Crippen molar-refractivity contribution < 1.29 is 34.2 Å². The molecule has 0 spiro atoms. The fourth-order valence-corrected chi connectivity index (χ4v) is 5.68. The number of imide groups is 1. The number of carbonyl (C=O) groups excluding carboxylic acids is 3. The molecule has 1 fully saturated rings. The highest BCUT2D eigenvalue weighted by Crippen LogP contribution is 2.39. The molecule has 0 aromatic heterocycles. The summed E-state index contributed by atoms with van der Waals surface area (Å²) in [5.74, 6) is -1.61. The number of nitrogens with zero attached hydrogens (tertiary/aromatic N) is 1. The summed E-state index contributed by atoms with van der Waals surface area (Å²) in [6.45, 7) is 1.67. The van der Waals surface area contributed by atoms with Gasteiger partial charge in [0.15, 0.2) is 0 Å². The summed E-state index contributed by atoms with van der Waals surface area (Å²) in [6.07, 6.45) is -4.10. The van der Waals surface area contributed by atoms with Crippen LogP contribution in [0.15, 0.2) is 83.8 Å². The zero-order valence-electron chi connectivity index (χ0n) is 20.4. The summed E-state index contributed by atoms with van der Waals surface area (Å²) in [7, 11) is 0. The Labute approximate surface area is 223 Å². The standard InChI is InChI=1S/C28H26N2O7S/c1-16-11-13-18(14-12-16)38-28-22(30-26(34)19-9-5-6-10-20(19)27(30)35)24(32)23(31)21(37-28)15-36-29-25(33)17-7-3-2-4-8-17/h2-14,21-24,28,31-32H,15H2,1H3,(H,29,33)/t21-,22-,23-,24-,28+/m1/s1. The molecule has 0 bridgehead atoms. The van der Waals surface area contributed by atoms with Crippen molar-refractivity contribution in [2.45, 2.75) is 41.6 Å². The average Bonchev–Trinajstić information content (AvgIpc) is 3.18. The number of aliphatic hydroxyl groups is 2. The van der Waals surface area contributed by atoms with Crippen LogP contribution in [-0.2, 0) is 9.57 Å². The van der Waals surface area contributed by atoms with Gasteiger partial charge in [-0.25, -0.2) is 5.48 Å². The van der Waals surface area contributed by atoms with Gasteiger partial charge < -0.3 is 14.9 Å². The minimum atomic E-state index is -1.53. The van der Waals surface area contributed by atoms with E-state index in [1.165, 1.54) is 11.8 Å². The van der Waals surface area contributed by atoms with Crippen LogP contribution in [0.1, 0.15) is 36.6 Å². The molecule has 1 saturated heterocycles. The van der Waals surface area contributed by atoms with Gasteiger partial charge in [-0.3, -0.25) is 24.1 Å². The average molecular weight is 535 g/mol. The van der Waals surface area contributed by atoms with Gasteiger partial charge in [0.2, 0.25) is 0 Å². The number of hydrogen-bond acceptors (Lipinski definition) is 8. The third-order valence-corrected chi connectivity index (χ3v) is 7.68. The van der Waals surface area contributed by atoms with Gasteiger partial charge in [0.05, 0.1) is 11.1 Å². The van der Waals surface area contributed by atoms with Crippen LogP contribution in [0.2, 0.25) is 0 Å². The first-order valence-electron chi connectivity index (χ1n) is 12.0. The molecular formula is C28H26N2O7S. The molecule has 10 heteroatoms. The van der Waals surface area contributed by atoms with Crippen molar-refractivity contribution in [2.75, 3.05) is 6.61 Å². The van der Waals surface area contributed by atoms with E-state index in [4.69, 9.17) is 9.57 Å². The fraction of sp³-hybridized carbons (Fsp3) is 0.250. The van der Waals surface area contributed by atoms with Crippen LogP contribution in [0.3, 0.4) is 0 Å². The van der Waals surface area contributed by atoms with Crippen molar-refractivity contribution in [2.24, 2.45) is 0 Å². The Bertz CT molecular complexity index is 1300. The van der Waals surface area contributed by atoms with E-state index in [1.807, 2.05) is 31.2 Å². The molecule has 3 amide bonds. The van der Waals surface area contributed by atoms with Crippen LogP contribution in [0.4, 0.5) is 0 Å². The smallest absolute Gasteiger partial charge is 0.274 e. The van der Waals surface area contributed by atoms with E-state index in [9.17, 15) is 24.6 Å². The lowest BCUT2D eigenvalue weighted by atomic mass is 9.97. The number of fused-ring (bicyclic) bond motifs is 1. The van der Waals surface area contributed by atoms with E-state index in [2.05, 4.69) is 5.48 Å². The molecule has 2 aliphatic heterocycles. The summed E-state index contributed by atoms with van der Waals surface area (Å²) in [6, 6.07) is 21.2. The van der Waals surface area contributed by atoms with E-state index < -0.39 is 47.5 Å². The third-order valence-electron chi connectivity index (χ3n) is 6.51. The second-order valence-electron chi connectivity index (χ2n) is 9.08. The highest BCUT2D eigenvalue weighted by atomic mass is 32.2. The number of benzene rings is 3. The molecule has 5 atom stereocenters. The van der Waals surface area contributed by atoms with E-state index in [0.29, 0.717) is 5.56 Å². The number of thioether (sulfide) groups is 1. The topological polar surface area (TPSA) is 125 Å². The summed E-state index contributed by atoms with van der Waals surface area (Å²) in [5.41, 5.74) is 3.27. The monoisotopic (exact) mass is 534 g/mol. The summed E-state index contributed by atoms with van der Waals surface area (Å²) in [4.78, 5) is 45.9. The summed E-state index contributed by atoms with van der Waals surface area (Å²) >= 11 is 1.21. The second-order valence-corrected chi connectivity index (χ2v) is 10.3. The van der Waals surface area contributed by atoms with Gasteiger partial charge in [-0.1, -0.05) is 59.8 Å². The highest BCUT2D eigenvalue weighted by molar-refractivity contribution is 7.99. The number of hydroxylamine groups is 1. The molecule has 2 heterocycles. The van der Waals surface area contributed by atoms with Gasteiger partial charge in [0.25, 0.3) is 17.7 Å². The number of aliphatic hydroxyl groups excluding tert-OH is 2. The Morgan fingerprint density at radius 1 is 0.921 bits per heavy atom. The van der Waals surface area contributed by atoms with Gasteiger partial charge in [-0.05, 0) is 43.3 Å². The van der Waals surface area contributed by atoms with E-state index in [0.717, 1.165) is 15.4 Å². The van der Waals surface area contributed by atoms with Crippen molar-refractivity contribution in [3.05, 3.63) is 101 Å². The SMILES string of the molecule is Cc1ccc(S[C@@H]2O[C@H](CONC(=O)c3ccccc3)[C@@H](O)[C@H](O)[C@H]2N2C(=O)c3ccccc3C2=O)cc1. The number of aryl methyl sites for hydroxylation is 1. The quantitative estimate of drug-likeness (QED) is 0.312. The molecule has 0 saturated carbocycles. The maximum Gasteiger partial charge on any atom is 0.274 e. The zero-order valence-corrected chi connectivity index (χ0v) is 21.2. The fourth-order valence-electron chi connectivity index (χ4n) is 4.49. The van der Waals surface area contributed by atoms with E-state index in [1.54, 1.807) is 54.6 Å². The molecule has 3 aromatic carbocycles. The first-order chi connectivity index (χ1) is 18.3. The Morgan fingerprint density at radius 2 is 1.53 bits per heavy atom.